The van der Waals surface area contributed by atoms with Gasteiger partial charge in [0, 0.05) is 13.1 Å². The number of ether oxygens (including phenoxy) is 2. The van der Waals surface area contributed by atoms with Gasteiger partial charge in [0.1, 0.15) is 11.8 Å². The third-order valence-corrected chi connectivity index (χ3v) is 3.42. The normalized spacial score (nSPS) is 16.6. The Bertz CT molecular complexity index is 470. The molecule has 0 aliphatic carbocycles. The lowest BCUT2D eigenvalue weighted by Crippen LogP contribution is -2.47. The van der Waals surface area contributed by atoms with Gasteiger partial charge in [0.25, 0.3) is 0 Å². The van der Waals surface area contributed by atoms with Crippen molar-refractivity contribution in [2.75, 3.05) is 38.7 Å². The summed E-state index contributed by atoms with van der Waals surface area (Å²) >= 11 is 0. The van der Waals surface area contributed by atoms with Gasteiger partial charge in [-0.3, -0.25) is 4.79 Å². The summed E-state index contributed by atoms with van der Waals surface area (Å²) in [6, 6.07) is 5.59. The molecule has 1 aromatic carbocycles. The van der Waals surface area contributed by atoms with Crippen molar-refractivity contribution in [1.29, 1.82) is 0 Å². The predicted molar refractivity (Wildman–Crippen MR) is 78.2 cm³/mol. The standard InChI is InChI=1S/C15H22N2O3/c1-11-4-5-14(19-3)13(10-11)16-12(2)15(18)17-6-8-20-9-7-17/h4-5,10,12,16H,6-9H2,1-3H3. The van der Waals surface area contributed by atoms with Gasteiger partial charge in [-0.15, -0.1) is 0 Å². The van der Waals surface area contributed by atoms with Gasteiger partial charge in [-0.25, -0.2) is 0 Å². The zero-order valence-electron chi connectivity index (χ0n) is 12.3. The maximum atomic E-state index is 12.4. The monoisotopic (exact) mass is 278 g/mol. The lowest BCUT2D eigenvalue weighted by atomic mass is 10.2. The largest absolute Gasteiger partial charge is 0.495 e. The molecular weight excluding hydrogens is 256 g/mol. The van der Waals surface area contributed by atoms with Crippen molar-refractivity contribution >= 4 is 11.6 Å². The molecule has 1 fully saturated rings. The second kappa shape index (κ2) is 6.61. The molecule has 1 unspecified atom stereocenters. The van der Waals surface area contributed by atoms with Crippen LogP contribution in [-0.2, 0) is 9.53 Å². The molecule has 0 aromatic heterocycles. The number of benzene rings is 1. The van der Waals surface area contributed by atoms with E-state index in [1.165, 1.54) is 0 Å². The highest BCUT2D eigenvalue weighted by Crippen LogP contribution is 2.26. The third kappa shape index (κ3) is 3.42. The Morgan fingerprint density at radius 2 is 2.10 bits per heavy atom. The van der Waals surface area contributed by atoms with Crippen LogP contribution in [-0.4, -0.2) is 50.3 Å². The summed E-state index contributed by atoms with van der Waals surface area (Å²) in [5.41, 5.74) is 1.97. The molecule has 1 aromatic rings. The number of carbonyl (C=O) groups is 1. The van der Waals surface area contributed by atoms with Crippen molar-refractivity contribution in [2.45, 2.75) is 19.9 Å². The van der Waals surface area contributed by atoms with Gasteiger partial charge in [0.2, 0.25) is 5.91 Å². The first-order chi connectivity index (χ1) is 9.61. The Kier molecular flexibility index (Phi) is 4.84. The van der Waals surface area contributed by atoms with E-state index < -0.39 is 0 Å². The smallest absolute Gasteiger partial charge is 0.244 e. The summed E-state index contributed by atoms with van der Waals surface area (Å²) in [5, 5.41) is 3.24. The second-order valence-electron chi connectivity index (χ2n) is 5.01. The predicted octanol–water partition coefficient (Wildman–Crippen LogP) is 1.66. The third-order valence-electron chi connectivity index (χ3n) is 3.42. The van der Waals surface area contributed by atoms with E-state index in [1.54, 1.807) is 7.11 Å². The van der Waals surface area contributed by atoms with E-state index in [0.29, 0.717) is 26.3 Å². The van der Waals surface area contributed by atoms with Gasteiger partial charge in [0.05, 0.1) is 26.0 Å². The SMILES string of the molecule is COc1ccc(C)cc1NC(C)C(=O)N1CCOCC1. The fourth-order valence-corrected chi connectivity index (χ4v) is 2.29. The highest BCUT2D eigenvalue weighted by Gasteiger charge is 2.22. The van der Waals surface area contributed by atoms with Crippen LogP contribution in [0.1, 0.15) is 12.5 Å². The Morgan fingerprint density at radius 3 is 2.75 bits per heavy atom. The zero-order chi connectivity index (χ0) is 14.5. The lowest BCUT2D eigenvalue weighted by Gasteiger charge is -2.30. The quantitative estimate of drug-likeness (QED) is 0.910. The number of nitrogens with one attached hydrogen (secondary N) is 1. The topological polar surface area (TPSA) is 50.8 Å². The molecule has 1 aliphatic rings. The summed E-state index contributed by atoms with van der Waals surface area (Å²) in [5.74, 6) is 0.842. The maximum Gasteiger partial charge on any atom is 0.244 e. The van der Waals surface area contributed by atoms with Gasteiger partial charge < -0.3 is 19.7 Å². The minimum Gasteiger partial charge on any atom is -0.495 e. The summed E-state index contributed by atoms with van der Waals surface area (Å²) in [6.45, 7) is 6.45. The summed E-state index contributed by atoms with van der Waals surface area (Å²) in [4.78, 5) is 14.2. The molecule has 110 valence electrons. The molecule has 5 nitrogen and oxygen atoms in total. The Hall–Kier alpha value is -1.75. The Labute approximate surface area is 119 Å². The Balaban J connectivity index is 2.04. The minimum atomic E-state index is -0.288. The van der Waals surface area contributed by atoms with Crippen molar-refractivity contribution in [3.05, 3.63) is 23.8 Å². The van der Waals surface area contributed by atoms with Crippen LogP contribution in [0.25, 0.3) is 0 Å². The second-order valence-corrected chi connectivity index (χ2v) is 5.01. The summed E-state index contributed by atoms with van der Waals surface area (Å²) < 4.78 is 10.6. The molecule has 0 bridgehead atoms. The van der Waals surface area contributed by atoms with Crippen LogP contribution in [0.15, 0.2) is 18.2 Å². The molecule has 1 aliphatic heterocycles. The highest BCUT2D eigenvalue weighted by atomic mass is 16.5. The fraction of sp³-hybridized carbons (Fsp3) is 0.533. The molecule has 0 spiro atoms. The van der Waals surface area contributed by atoms with Crippen molar-refractivity contribution < 1.29 is 14.3 Å². The van der Waals surface area contributed by atoms with Gasteiger partial charge >= 0.3 is 0 Å². The molecule has 20 heavy (non-hydrogen) atoms. The number of hydrogen-bond donors (Lipinski definition) is 1. The fourth-order valence-electron chi connectivity index (χ4n) is 2.29. The van der Waals surface area contributed by atoms with Crippen LogP contribution in [0.4, 0.5) is 5.69 Å². The van der Waals surface area contributed by atoms with E-state index >= 15 is 0 Å². The van der Waals surface area contributed by atoms with Crippen molar-refractivity contribution in [1.82, 2.24) is 4.90 Å². The number of amides is 1. The van der Waals surface area contributed by atoms with E-state index in [4.69, 9.17) is 9.47 Å². The summed E-state index contributed by atoms with van der Waals surface area (Å²) in [6.07, 6.45) is 0. The van der Waals surface area contributed by atoms with Crippen molar-refractivity contribution in [3.63, 3.8) is 0 Å². The molecule has 1 saturated heterocycles. The average molecular weight is 278 g/mol. The van der Waals surface area contributed by atoms with Gasteiger partial charge in [-0.1, -0.05) is 6.07 Å². The van der Waals surface area contributed by atoms with Crippen LogP contribution < -0.4 is 10.1 Å². The molecule has 2 rings (SSSR count). The highest BCUT2D eigenvalue weighted by molar-refractivity contribution is 5.85. The van der Waals surface area contributed by atoms with Crippen LogP contribution in [0.5, 0.6) is 5.75 Å². The average Bonchev–Trinajstić information content (AvgIpc) is 2.47. The molecule has 1 amide bonds. The first-order valence-electron chi connectivity index (χ1n) is 6.89. The lowest BCUT2D eigenvalue weighted by molar-refractivity contribution is -0.135. The van der Waals surface area contributed by atoms with Crippen molar-refractivity contribution in [2.24, 2.45) is 0 Å². The molecule has 0 radical (unpaired) electrons. The van der Waals surface area contributed by atoms with E-state index in [1.807, 2.05) is 36.9 Å². The number of rotatable bonds is 4. The zero-order valence-corrected chi connectivity index (χ0v) is 12.3. The van der Waals surface area contributed by atoms with Crippen LogP contribution >= 0.6 is 0 Å². The van der Waals surface area contributed by atoms with Gasteiger partial charge in [0.15, 0.2) is 0 Å². The number of morpholine rings is 1. The number of aryl methyl sites for hydroxylation is 1. The van der Waals surface area contributed by atoms with E-state index in [-0.39, 0.29) is 11.9 Å². The number of anilines is 1. The van der Waals surface area contributed by atoms with Crippen LogP contribution in [0, 0.1) is 6.92 Å². The number of nitrogens with zero attached hydrogens (tertiary/aromatic N) is 1. The van der Waals surface area contributed by atoms with Crippen LogP contribution in [0.3, 0.4) is 0 Å². The van der Waals surface area contributed by atoms with Crippen LogP contribution in [0.2, 0.25) is 0 Å². The van der Waals surface area contributed by atoms with Gasteiger partial charge in [-0.2, -0.15) is 0 Å². The molecule has 5 heteroatoms. The molecule has 1 N–H and O–H groups in total. The van der Waals surface area contributed by atoms with E-state index in [0.717, 1.165) is 17.0 Å². The maximum absolute atomic E-state index is 12.4. The number of carbonyl (C=O) groups excluding carboxylic acids is 1. The molecule has 1 atom stereocenters. The van der Waals surface area contributed by atoms with E-state index in [2.05, 4.69) is 5.32 Å². The first kappa shape index (κ1) is 14.7. The molecule has 1 heterocycles. The molecule has 0 saturated carbocycles. The first-order valence-corrected chi connectivity index (χ1v) is 6.89. The number of hydrogen-bond acceptors (Lipinski definition) is 4. The summed E-state index contributed by atoms with van der Waals surface area (Å²) in [7, 11) is 1.63. The van der Waals surface area contributed by atoms with Crippen molar-refractivity contribution in [3.8, 4) is 5.75 Å². The van der Waals surface area contributed by atoms with Gasteiger partial charge in [-0.05, 0) is 31.5 Å². The minimum absolute atomic E-state index is 0.0943. The van der Waals surface area contributed by atoms with E-state index in [9.17, 15) is 4.79 Å². The molecular formula is C15H22N2O3. The number of methoxy groups -OCH3 is 1. The Morgan fingerprint density at radius 1 is 1.40 bits per heavy atom.